The number of rotatable bonds is 5. The lowest BCUT2D eigenvalue weighted by Crippen LogP contribution is -2.31. The van der Waals surface area contributed by atoms with E-state index < -0.39 is 17.7 Å². The van der Waals surface area contributed by atoms with Crippen LogP contribution in [0.4, 0.5) is 8.78 Å². The van der Waals surface area contributed by atoms with Crippen molar-refractivity contribution in [3.05, 3.63) is 35.4 Å². The molecule has 0 saturated heterocycles. The van der Waals surface area contributed by atoms with E-state index >= 15 is 0 Å². The molecule has 1 aromatic carbocycles. The van der Waals surface area contributed by atoms with Crippen LogP contribution in [0.25, 0.3) is 0 Å². The summed E-state index contributed by atoms with van der Waals surface area (Å²) in [6.07, 6.45) is 0.234. The van der Waals surface area contributed by atoms with E-state index in [1.165, 1.54) is 6.07 Å². The molecule has 0 spiro atoms. The topological polar surface area (TPSA) is 32.3 Å². The molecule has 2 nitrogen and oxygen atoms in total. The largest absolute Gasteiger partial charge is 0.392 e. The summed E-state index contributed by atoms with van der Waals surface area (Å²) in [4.78, 5) is 0. The van der Waals surface area contributed by atoms with Crippen molar-refractivity contribution in [3.63, 3.8) is 0 Å². The predicted molar refractivity (Wildman–Crippen MR) is 72.9 cm³/mol. The maximum Gasteiger partial charge on any atom is 0.159 e. The standard InChI is InChI=1S/C15H23F2NO/c1-10(11-5-6-13(16)14(17)7-11)18-9-12(19)8-15(2,3)4/h5-7,10,12,18-19H,8-9H2,1-4H3. The minimum Gasteiger partial charge on any atom is -0.392 e. The summed E-state index contributed by atoms with van der Waals surface area (Å²) in [5, 5.41) is 13.0. The summed E-state index contributed by atoms with van der Waals surface area (Å²) in [5.41, 5.74) is 0.730. The van der Waals surface area contributed by atoms with Crippen LogP contribution in [-0.2, 0) is 0 Å². The zero-order chi connectivity index (χ0) is 14.6. The van der Waals surface area contributed by atoms with Gasteiger partial charge in [-0.05, 0) is 36.5 Å². The number of halogens is 2. The summed E-state index contributed by atoms with van der Waals surface area (Å²) in [6.45, 7) is 8.48. The Morgan fingerprint density at radius 3 is 2.37 bits per heavy atom. The van der Waals surface area contributed by atoms with E-state index in [1.54, 1.807) is 6.07 Å². The molecule has 0 saturated carbocycles. The number of aliphatic hydroxyl groups is 1. The minimum absolute atomic E-state index is 0.0618. The lowest BCUT2D eigenvalue weighted by molar-refractivity contribution is 0.117. The molecule has 0 aromatic heterocycles. The Balaban J connectivity index is 2.51. The van der Waals surface area contributed by atoms with E-state index in [0.29, 0.717) is 18.5 Å². The normalized spacial score (nSPS) is 15.3. The van der Waals surface area contributed by atoms with E-state index in [4.69, 9.17) is 0 Å². The van der Waals surface area contributed by atoms with Gasteiger partial charge < -0.3 is 10.4 Å². The first-order valence-corrected chi connectivity index (χ1v) is 6.55. The summed E-state index contributed by atoms with van der Waals surface area (Å²) in [7, 11) is 0. The number of aliphatic hydroxyl groups excluding tert-OH is 1. The Morgan fingerprint density at radius 1 is 1.21 bits per heavy atom. The molecule has 0 bridgehead atoms. The monoisotopic (exact) mass is 271 g/mol. The van der Waals surface area contributed by atoms with Crippen LogP contribution in [0.15, 0.2) is 18.2 Å². The number of nitrogens with one attached hydrogen (secondary N) is 1. The molecule has 1 aromatic rings. The smallest absolute Gasteiger partial charge is 0.159 e. The van der Waals surface area contributed by atoms with Gasteiger partial charge in [-0.1, -0.05) is 26.8 Å². The van der Waals surface area contributed by atoms with Crippen molar-refractivity contribution in [2.45, 2.75) is 46.3 Å². The van der Waals surface area contributed by atoms with Gasteiger partial charge in [0.05, 0.1) is 6.10 Å². The Kier molecular flexibility index (Phi) is 5.44. The van der Waals surface area contributed by atoms with E-state index in [1.807, 2.05) is 6.92 Å². The van der Waals surface area contributed by atoms with Gasteiger partial charge in [0.15, 0.2) is 11.6 Å². The van der Waals surface area contributed by atoms with E-state index in [-0.39, 0.29) is 11.5 Å². The third kappa shape index (κ3) is 5.66. The second kappa shape index (κ2) is 6.44. The fourth-order valence-electron chi connectivity index (χ4n) is 1.99. The Morgan fingerprint density at radius 2 is 1.84 bits per heavy atom. The fraction of sp³-hybridized carbons (Fsp3) is 0.600. The van der Waals surface area contributed by atoms with Gasteiger partial charge >= 0.3 is 0 Å². The van der Waals surface area contributed by atoms with Crippen LogP contribution in [0.5, 0.6) is 0 Å². The summed E-state index contributed by atoms with van der Waals surface area (Å²) in [6, 6.07) is 3.72. The van der Waals surface area contributed by atoms with Gasteiger partial charge in [0.2, 0.25) is 0 Å². The number of benzene rings is 1. The van der Waals surface area contributed by atoms with E-state index in [0.717, 1.165) is 6.07 Å². The molecule has 2 unspecified atom stereocenters. The van der Waals surface area contributed by atoms with Gasteiger partial charge in [-0.15, -0.1) is 0 Å². The van der Waals surface area contributed by atoms with Crippen LogP contribution >= 0.6 is 0 Å². The van der Waals surface area contributed by atoms with Crippen molar-refractivity contribution < 1.29 is 13.9 Å². The predicted octanol–water partition coefficient (Wildman–Crippen LogP) is 3.41. The maximum absolute atomic E-state index is 13.1. The summed E-state index contributed by atoms with van der Waals surface area (Å²) in [5.74, 6) is -1.69. The molecular formula is C15H23F2NO. The molecule has 108 valence electrons. The fourth-order valence-corrected chi connectivity index (χ4v) is 1.99. The van der Waals surface area contributed by atoms with Crippen LogP contribution in [0.3, 0.4) is 0 Å². The Labute approximate surface area is 113 Å². The van der Waals surface area contributed by atoms with Crippen molar-refractivity contribution >= 4 is 0 Å². The Hall–Kier alpha value is -1.00. The minimum atomic E-state index is -0.846. The van der Waals surface area contributed by atoms with Gasteiger partial charge in [0, 0.05) is 12.6 Å². The van der Waals surface area contributed by atoms with Gasteiger partial charge in [-0.2, -0.15) is 0 Å². The highest BCUT2D eigenvalue weighted by molar-refractivity contribution is 5.20. The average molecular weight is 271 g/mol. The lowest BCUT2D eigenvalue weighted by atomic mass is 9.89. The molecular weight excluding hydrogens is 248 g/mol. The zero-order valence-corrected chi connectivity index (χ0v) is 12.0. The molecule has 2 N–H and O–H groups in total. The van der Waals surface area contributed by atoms with Crippen molar-refractivity contribution in [3.8, 4) is 0 Å². The average Bonchev–Trinajstić information content (AvgIpc) is 2.27. The third-order valence-electron chi connectivity index (χ3n) is 2.95. The van der Waals surface area contributed by atoms with E-state index in [2.05, 4.69) is 26.1 Å². The molecule has 0 fully saturated rings. The lowest BCUT2D eigenvalue weighted by Gasteiger charge is -2.24. The van der Waals surface area contributed by atoms with Crippen LogP contribution < -0.4 is 5.32 Å². The van der Waals surface area contributed by atoms with Gasteiger partial charge in [0.25, 0.3) is 0 Å². The molecule has 1 rings (SSSR count). The van der Waals surface area contributed by atoms with Crippen LogP contribution in [0.2, 0.25) is 0 Å². The van der Waals surface area contributed by atoms with Crippen molar-refractivity contribution in [1.29, 1.82) is 0 Å². The second-order valence-corrected chi connectivity index (χ2v) is 6.22. The highest BCUT2D eigenvalue weighted by atomic mass is 19.2. The third-order valence-corrected chi connectivity index (χ3v) is 2.95. The van der Waals surface area contributed by atoms with Crippen molar-refractivity contribution in [2.24, 2.45) is 5.41 Å². The highest BCUT2D eigenvalue weighted by Crippen LogP contribution is 2.21. The first-order valence-electron chi connectivity index (χ1n) is 6.55. The van der Waals surface area contributed by atoms with Gasteiger partial charge in [-0.25, -0.2) is 8.78 Å². The first kappa shape index (κ1) is 16.1. The quantitative estimate of drug-likeness (QED) is 0.860. The number of hydrogen-bond donors (Lipinski definition) is 2. The zero-order valence-electron chi connectivity index (χ0n) is 12.0. The number of hydrogen-bond acceptors (Lipinski definition) is 2. The molecule has 0 aliphatic heterocycles. The van der Waals surface area contributed by atoms with Gasteiger partial charge in [0.1, 0.15) is 0 Å². The van der Waals surface area contributed by atoms with Crippen LogP contribution in [0, 0.1) is 17.0 Å². The Bertz CT molecular complexity index is 415. The van der Waals surface area contributed by atoms with Crippen molar-refractivity contribution in [2.75, 3.05) is 6.54 Å². The molecule has 0 aliphatic carbocycles. The molecule has 0 radical (unpaired) electrons. The van der Waals surface area contributed by atoms with Gasteiger partial charge in [-0.3, -0.25) is 0 Å². The van der Waals surface area contributed by atoms with Crippen LogP contribution in [0.1, 0.15) is 45.7 Å². The molecule has 0 amide bonds. The molecule has 2 atom stereocenters. The molecule has 4 heteroatoms. The van der Waals surface area contributed by atoms with Crippen molar-refractivity contribution in [1.82, 2.24) is 5.32 Å². The SMILES string of the molecule is CC(NCC(O)CC(C)(C)C)c1ccc(F)c(F)c1. The molecule has 19 heavy (non-hydrogen) atoms. The second-order valence-electron chi connectivity index (χ2n) is 6.22. The van der Waals surface area contributed by atoms with E-state index in [9.17, 15) is 13.9 Å². The maximum atomic E-state index is 13.1. The highest BCUT2D eigenvalue weighted by Gasteiger charge is 2.17. The molecule has 0 heterocycles. The molecule has 0 aliphatic rings. The van der Waals surface area contributed by atoms with Crippen LogP contribution in [-0.4, -0.2) is 17.8 Å². The summed E-state index contributed by atoms with van der Waals surface area (Å²) >= 11 is 0. The summed E-state index contributed by atoms with van der Waals surface area (Å²) < 4.78 is 25.9. The first-order chi connectivity index (χ1) is 8.69.